The van der Waals surface area contributed by atoms with Crippen molar-refractivity contribution in [3.63, 3.8) is 0 Å². The molecule has 2 aromatic rings. The third kappa shape index (κ3) is 4.10. The molecular weight excluding hydrogens is 273 g/mol. The highest BCUT2D eigenvalue weighted by atomic mass is 19.1. The number of halogens is 1. The average molecular weight is 287 g/mol. The summed E-state index contributed by atoms with van der Waals surface area (Å²) in [5.74, 6) is -2.06. The molecule has 0 aliphatic rings. The molecule has 2 N–H and O–H groups in total. The Kier molecular flexibility index (Phi) is 4.61. The van der Waals surface area contributed by atoms with Gasteiger partial charge in [0.15, 0.2) is 0 Å². The topological polar surface area (TPSA) is 71.1 Å². The minimum atomic E-state index is -0.840. The number of amides is 2. The molecule has 2 amide bonds. The molecule has 0 saturated heterocycles. The molecule has 1 aromatic heterocycles. The second kappa shape index (κ2) is 6.60. The van der Waals surface area contributed by atoms with Crippen LogP contribution in [0, 0.1) is 12.7 Å². The molecular formula is C15H14FN3O2. The van der Waals surface area contributed by atoms with Crippen molar-refractivity contribution in [2.75, 3.05) is 5.32 Å². The lowest BCUT2D eigenvalue weighted by Gasteiger charge is -2.07. The number of rotatable bonds is 3. The highest BCUT2D eigenvalue weighted by Crippen LogP contribution is 2.13. The van der Waals surface area contributed by atoms with Gasteiger partial charge in [0.2, 0.25) is 0 Å². The van der Waals surface area contributed by atoms with Gasteiger partial charge in [0, 0.05) is 24.6 Å². The van der Waals surface area contributed by atoms with E-state index in [-0.39, 0.29) is 12.2 Å². The van der Waals surface area contributed by atoms with Gasteiger partial charge < -0.3 is 10.6 Å². The van der Waals surface area contributed by atoms with Crippen molar-refractivity contribution in [3.8, 4) is 0 Å². The van der Waals surface area contributed by atoms with Crippen LogP contribution in [-0.2, 0) is 16.1 Å². The standard InChI is InChI=1S/C15H14FN3O2/c1-10-2-3-12(8-13(10)16)19-15(21)14(20)18-9-11-4-6-17-7-5-11/h2-8H,9H2,1H3,(H,18,20)(H,19,21). The number of carbonyl (C=O) groups is 2. The fraction of sp³-hybridized carbons (Fsp3) is 0.133. The van der Waals surface area contributed by atoms with E-state index in [0.29, 0.717) is 5.56 Å². The number of benzene rings is 1. The molecule has 1 aromatic carbocycles. The van der Waals surface area contributed by atoms with E-state index in [1.54, 1.807) is 31.5 Å². The highest BCUT2D eigenvalue weighted by Gasteiger charge is 2.13. The van der Waals surface area contributed by atoms with Crippen LogP contribution in [0.2, 0.25) is 0 Å². The summed E-state index contributed by atoms with van der Waals surface area (Å²) in [4.78, 5) is 27.2. The number of carbonyl (C=O) groups excluding carboxylic acids is 2. The van der Waals surface area contributed by atoms with E-state index in [1.807, 2.05) is 0 Å². The van der Waals surface area contributed by atoms with Crippen LogP contribution in [0.1, 0.15) is 11.1 Å². The molecule has 0 aliphatic heterocycles. The van der Waals surface area contributed by atoms with Crippen molar-refractivity contribution in [2.24, 2.45) is 0 Å². The Balaban J connectivity index is 1.90. The number of hydrogen-bond donors (Lipinski definition) is 2. The van der Waals surface area contributed by atoms with Crippen molar-refractivity contribution in [1.29, 1.82) is 0 Å². The first kappa shape index (κ1) is 14.6. The molecule has 0 radical (unpaired) electrons. The van der Waals surface area contributed by atoms with Gasteiger partial charge in [-0.3, -0.25) is 14.6 Å². The van der Waals surface area contributed by atoms with E-state index < -0.39 is 17.6 Å². The van der Waals surface area contributed by atoms with Crippen molar-refractivity contribution in [3.05, 3.63) is 59.7 Å². The molecule has 5 nitrogen and oxygen atoms in total. The van der Waals surface area contributed by atoms with Crippen LogP contribution in [-0.4, -0.2) is 16.8 Å². The molecule has 0 unspecified atom stereocenters. The van der Waals surface area contributed by atoms with Gasteiger partial charge in [-0.05, 0) is 42.3 Å². The Bertz CT molecular complexity index is 659. The maximum absolute atomic E-state index is 13.3. The third-order valence-corrected chi connectivity index (χ3v) is 2.84. The van der Waals surface area contributed by atoms with E-state index in [0.717, 1.165) is 5.56 Å². The summed E-state index contributed by atoms with van der Waals surface area (Å²) in [6.07, 6.45) is 3.19. The molecule has 0 atom stereocenters. The predicted molar refractivity (Wildman–Crippen MR) is 75.9 cm³/mol. The number of hydrogen-bond acceptors (Lipinski definition) is 3. The van der Waals surface area contributed by atoms with Crippen LogP contribution in [0.3, 0.4) is 0 Å². The summed E-state index contributed by atoms with van der Waals surface area (Å²) in [6.45, 7) is 1.83. The molecule has 0 saturated carbocycles. The Morgan fingerprint density at radius 1 is 1.14 bits per heavy atom. The lowest BCUT2D eigenvalue weighted by molar-refractivity contribution is -0.136. The first-order chi connectivity index (χ1) is 10.1. The predicted octanol–water partition coefficient (Wildman–Crippen LogP) is 1.78. The summed E-state index contributed by atoms with van der Waals surface area (Å²) in [6, 6.07) is 7.69. The van der Waals surface area contributed by atoms with Gasteiger partial charge in [0.05, 0.1) is 0 Å². The van der Waals surface area contributed by atoms with Crippen LogP contribution >= 0.6 is 0 Å². The summed E-state index contributed by atoms with van der Waals surface area (Å²) in [5.41, 5.74) is 1.53. The lowest BCUT2D eigenvalue weighted by atomic mass is 10.2. The molecule has 6 heteroatoms. The van der Waals surface area contributed by atoms with E-state index in [1.165, 1.54) is 18.2 Å². The summed E-state index contributed by atoms with van der Waals surface area (Å²) in [5, 5.41) is 4.82. The van der Waals surface area contributed by atoms with Gasteiger partial charge in [-0.25, -0.2) is 4.39 Å². The van der Waals surface area contributed by atoms with Crippen molar-refractivity contribution in [2.45, 2.75) is 13.5 Å². The minimum absolute atomic E-state index is 0.219. The van der Waals surface area contributed by atoms with Crippen molar-refractivity contribution < 1.29 is 14.0 Å². The average Bonchev–Trinajstić information content (AvgIpc) is 2.49. The van der Waals surface area contributed by atoms with E-state index in [4.69, 9.17) is 0 Å². The van der Waals surface area contributed by atoms with Gasteiger partial charge in [-0.2, -0.15) is 0 Å². The molecule has 1 heterocycles. The van der Waals surface area contributed by atoms with Crippen LogP contribution in [0.4, 0.5) is 10.1 Å². The second-order valence-corrected chi connectivity index (χ2v) is 4.46. The zero-order chi connectivity index (χ0) is 15.2. The molecule has 108 valence electrons. The number of aryl methyl sites for hydroxylation is 1. The van der Waals surface area contributed by atoms with Crippen LogP contribution in [0.15, 0.2) is 42.7 Å². The fourth-order valence-electron chi connectivity index (χ4n) is 1.62. The van der Waals surface area contributed by atoms with Crippen molar-refractivity contribution in [1.82, 2.24) is 10.3 Å². The highest BCUT2D eigenvalue weighted by molar-refractivity contribution is 6.39. The molecule has 21 heavy (non-hydrogen) atoms. The first-order valence-corrected chi connectivity index (χ1v) is 6.30. The molecule has 2 rings (SSSR count). The maximum atomic E-state index is 13.3. The lowest BCUT2D eigenvalue weighted by Crippen LogP contribution is -2.34. The summed E-state index contributed by atoms with van der Waals surface area (Å²) < 4.78 is 13.3. The smallest absolute Gasteiger partial charge is 0.313 e. The quantitative estimate of drug-likeness (QED) is 0.845. The van der Waals surface area contributed by atoms with Gasteiger partial charge in [0.25, 0.3) is 0 Å². The van der Waals surface area contributed by atoms with E-state index in [9.17, 15) is 14.0 Å². The SMILES string of the molecule is Cc1ccc(NC(=O)C(=O)NCc2ccncc2)cc1F. The zero-order valence-corrected chi connectivity index (χ0v) is 11.4. The number of nitrogens with zero attached hydrogens (tertiary/aromatic N) is 1. The maximum Gasteiger partial charge on any atom is 0.313 e. The Morgan fingerprint density at radius 3 is 2.52 bits per heavy atom. The largest absolute Gasteiger partial charge is 0.344 e. The van der Waals surface area contributed by atoms with Gasteiger partial charge >= 0.3 is 11.8 Å². The Hall–Kier alpha value is -2.76. The van der Waals surface area contributed by atoms with Crippen LogP contribution in [0.25, 0.3) is 0 Å². The molecule has 0 spiro atoms. The Labute approximate surface area is 121 Å². The number of nitrogens with one attached hydrogen (secondary N) is 2. The number of aromatic nitrogens is 1. The summed E-state index contributed by atoms with van der Waals surface area (Å²) >= 11 is 0. The van der Waals surface area contributed by atoms with Crippen LogP contribution in [0.5, 0.6) is 0 Å². The van der Waals surface area contributed by atoms with Gasteiger partial charge in [-0.15, -0.1) is 0 Å². The summed E-state index contributed by atoms with van der Waals surface area (Å²) in [7, 11) is 0. The van der Waals surface area contributed by atoms with E-state index >= 15 is 0 Å². The molecule has 0 fully saturated rings. The molecule has 0 aliphatic carbocycles. The van der Waals surface area contributed by atoms with Gasteiger partial charge in [-0.1, -0.05) is 6.07 Å². The third-order valence-electron chi connectivity index (χ3n) is 2.84. The normalized spacial score (nSPS) is 10.0. The fourth-order valence-corrected chi connectivity index (χ4v) is 1.62. The molecule has 0 bridgehead atoms. The van der Waals surface area contributed by atoms with Gasteiger partial charge in [0.1, 0.15) is 5.82 Å². The zero-order valence-electron chi connectivity index (χ0n) is 11.4. The van der Waals surface area contributed by atoms with E-state index in [2.05, 4.69) is 15.6 Å². The van der Waals surface area contributed by atoms with Crippen LogP contribution < -0.4 is 10.6 Å². The number of pyridine rings is 1. The Morgan fingerprint density at radius 2 is 1.86 bits per heavy atom. The minimum Gasteiger partial charge on any atom is -0.344 e. The number of anilines is 1. The first-order valence-electron chi connectivity index (χ1n) is 6.30. The monoisotopic (exact) mass is 287 g/mol. The second-order valence-electron chi connectivity index (χ2n) is 4.46. The van der Waals surface area contributed by atoms with Crippen molar-refractivity contribution >= 4 is 17.5 Å².